The smallest absolute Gasteiger partial charge is 0.209 e. The minimum atomic E-state index is -0.128. The molecule has 5 heteroatoms. The lowest BCUT2D eigenvalue weighted by Crippen LogP contribution is -2.40. The molecule has 1 aliphatic carbocycles. The van der Waals surface area contributed by atoms with Gasteiger partial charge in [-0.1, -0.05) is 165 Å². The summed E-state index contributed by atoms with van der Waals surface area (Å²) in [6, 6.07) is 73.4. The second-order valence-electron chi connectivity index (χ2n) is 18.4. The summed E-state index contributed by atoms with van der Waals surface area (Å²) in [4.78, 5) is 8.20. The van der Waals surface area contributed by atoms with Crippen LogP contribution in [0.2, 0.25) is 0 Å². The maximum absolute atomic E-state index is 5.73. The van der Waals surface area contributed by atoms with Crippen LogP contribution in [0.1, 0.15) is 36.1 Å². The van der Waals surface area contributed by atoms with Crippen molar-refractivity contribution in [2.45, 2.75) is 25.3 Å². The van der Waals surface area contributed by atoms with Gasteiger partial charge in [-0.05, 0) is 116 Å². The third-order valence-electron chi connectivity index (χ3n) is 14.3. The molecule has 1 atom stereocenters. The predicted octanol–water partition coefficient (Wildman–Crippen LogP) is 15.4. The van der Waals surface area contributed by atoms with Crippen molar-refractivity contribution in [2.75, 3.05) is 0 Å². The molecule has 0 amide bonds. The second-order valence-corrected chi connectivity index (χ2v) is 19.5. The van der Waals surface area contributed by atoms with E-state index in [4.69, 9.17) is 4.99 Å². The minimum absolute atomic E-state index is 0.0526. The van der Waals surface area contributed by atoms with Gasteiger partial charge in [-0.15, -0.1) is 0 Å². The Morgan fingerprint density at radius 2 is 1.08 bits per heavy atom. The van der Waals surface area contributed by atoms with Gasteiger partial charge in [0.1, 0.15) is 0 Å². The van der Waals surface area contributed by atoms with E-state index in [1.807, 2.05) is 11.8 Å². The summed E-state index contributed by atoms with van der Waals surface area (Å²) in [7, 11) is 0. The summed E-state index contributed by atoms with van der Waals surface area (Å²) < 4.78 is 4.76. The molecule has 4 nitrogen and oxygen atoms in total. The third-order valence-corrected chi connectivity index (χ3v) is 15.6. The van der Waals surface area contributed by atoms with E-state index in [1.165, 1.54) is 92.1 Å². The molecule has 0 spiro atoms. The van der Waals surface area contributed by atoms with Crippen LogP contribution in [-0.4, -0.2) is 21.1 Å². The molecule has 0 fully saturated rings. The van der Waals surface area contributed by atoms with E-state index in [0.717, 1.165) is 33.9 Å². The van der Waals surface area contributed by atoms with Crippen molar-refractivity contribution in [1.29, 1.82) is 0 Å². The molecule has 0 saturated carbocycles. The molecule has 2 aliphatic heterocycles. The normalized spacial score (nSPS) is 16.2. The fraction of sp³-hybridized carbons (Fsp3) is 0.0656. The monoisotopic (exact) mass is 862 g/mol. The van der Waals surface area contributed by atoms with Crippen LogP contribution in [-0.2, 0) is 5.41 Å². The molecule has 1 N–H and O–H groups in total. The van der Waals surface area contributed by atoms with Crippen LogP contribution in [0.5, 0.6) is 0 Å². The van der Waals surface area contributed by atoms with Crippen LogP contribution in [0, 0.1) is 0 Å². The van der Waals surface area contributed by atoms with Gasteiger partial charge < -0.3 is 9.88 Å². The average molecular weight is 863 g/mol. The molecule has 0 saturated heterocycles. The highest BCUT2D eigenvalue weighted by molar-refractivity contribution is 8.12. The van der Waals surface area contributed by atoms with Crippen molar-refractivity contribution >= 4 is 82.7 Å². The van der Waals surface area contributed by atoms with Crippen LogP contribution in [0.4, 0.5) is 0 Å². The van der Waals surface area contributed by atoms with Crippen molar-refractivity contribution in [3.63, 3.8) is 0 Å². The quantitative estimate of drug-likeness (QED) is 0.191. The number of nitrogens with one attached hydrogen (secondary N) is 1. The Kier molecular flexibility index (Phi) is 8.00. The van der Waals surface area contributed by atoms with Gasteiger partial charge in [0.25, 0.3) is 0 Å². The molecule has 3 aliphatic rings. The molecule has 9 aromatic carbocycles. The number of nitrogens with zero attached hydrogens (tertiary/aromatic N) is 3. The largest absolute Gasteiger partial charge is 0.344 e. The molecule has 2 aromatic heterocycles. The van der Waals surface area contributed by atoms with Crippen LogP contribution >= 0.6 is 11.8 Å². The van der Waals surface area contributed by atoms with E-state index in [0.29, 0.717) is 0 Å². The van der Waals surface area contributed by atoms with Crippen LogP contribution < -0.4 is 5.32 Å². The zero-order valence-corrected chi connectivity index (χ0v) is 37.3. The van der Waals surface area contributed by atoms with E-state index in [9.17, 15) is 0 Å². The van der Waals surface area contributed by atoms with Crippen molar-refractivity contribution in [2.24, 2.45) is 4.99 Å². The SMILES string of the molecule is CC1(C)c2ccccc2-c2ccc(C3=C4SC(c5ccccc5)=CC4NC(n4c5ccc(-c6ccc7c(c6)c6ccccc6n7-c6ccccc6)cc5c5cc6ccccc6cc54)=N3)cc21. The molecule has 1 unspecified atom stereocenters. The Balaban J connectivity index is 0.964. The molecule has 0 radical (unpaired) electrons. The van der Waals surface area contributed by atoms with Gasteiger partial charge in [-0.2, -0.15) is 0 Å². The number of rotatable bonds is 4. The van der Waals surface area contributed by atoms with E-state index < -0.39 is 0 Å². The fourth-order valence-corrected chi connectivity index (χ4v) is 12.3. The first-order valence-corrected chi connectivity index (χ1v) is 23.6. The van der Waals surface area contributed by atoms with Gasteiger partial charge in [0.2, 0.25) is 5.96 Å². The molecule has 312 valence electrons. The molecule has 66 heavy (non-hydrogen) atoms. The lowest BCUT2D eigenvalue weighted by Gasteiger charge is -2.26. The standard InChI is InChI=1S/C61H42N4S/c1-61(2)50-23-13-11-21-44(50)45-28-25-42(34-51(45)61)58-59-52(36-57(66-59)37-15-5-3-6-16-37)62-60(63-58)65-55-30-27-41(33-48(55)49-31-38-17-9-10-18-39(38)35-56(49)65)40-26-29-54-47(32-40)46-22-12-14-24-53(46)64(54)43-19-7-4-8-20-43/h3-36,52H,1-2H3,(H,62,63). The number of para-hydroxylation sites is 2. The molecular weight excluding hydrogens is 821 g/mol. The molecular formula is C61H42N4S. The molecule has 0 bridgehead atoms. The summed E-state index contributed by atoms with van der Waals surface area (Å²) in [5.74, 6) is 0.825. The highest BCUT2D eigenvalue weighted by atomic mass is 32.2. The van der Waals surface area contributed by atoms with Crippen molar-refractivity contribution in [3.05, 3.63) is 233 Å². The minimum Gasteiger partial charge on any atom is -0.344 e. The summed E-state index contributed by atoms with van der Waals surface area (Å²) in [6.45, 7) is 4.71. The van der Waals surface area contributed by atoms with Crippen LogP contribution in [0.25, 0.3) is 92.9 Å². The zero-order chi connectivity index (χ0) is 43.7. The number of hydrogen-bond donors (Lipinski definition) is 1. The van der Waals surface area contributed by atoms with Crippen LogP contribution in [0.15, 0.2) is 216 Å². The van der Waals surface area contributed by atoms with Crippen LogP contribution in [0.3, 0.4) is 0 Å². The number of hydrogen-bond acceptors (Lipinski definition) is 3. The highest BCUT2D eigenvalue weighted by Crippen LogP contribution is 2.52. The molecule has 11 aromatic rings. The first-order chi connectivity index (χ1) is 32.5. The lowest BCUT2D eigenvalue weighted by atomic mass is 9.82. The van der Waals surface area contributed by atoms with Crippen molar-refractivity contribution in [1.82, 2.24) is 14.5 Å². The lowest BCUT2D eigenvalue weighted by molar-refractivity contribution is 0.660. The summed E-state index contributed by atoms with van der Waals surface area (Å²) in [5, 5.41) is 11.3. The first kappa shape index (κ1) is 37.5. The van der Waals surface area contributed by atoms with E-state index in [1.54, 1.807) is 0 Å². The van der Waals surface area contributed by atoms with Gasteiger partial charge in [0, 0.05) is 48.0 Å². The number of fused-ring (bicyclic) bond motifs is 11. The Morgan fingerprint density at radius 1 is 0.470 bits per heavy atom. The summed E-state index contributed by atoms with van der Waals surface area (Å²) in [5.41, 5.74) is 16.8. The Labute approximate surface area is 386 Å². The van der Waals surface area contributed by atoms with Gasteiger partial charge in [-0.3, -0.25) is 4.57 Å². The van der Waals surface area contributed by atoms with Crippen molar-refractivity contribution < 1.29 is 0 Å². The Hall–Kier alpha value is -7.86. The first-order valence-electron chi connectivity index (χ1n) is 22.8. The van der Waals surface area contributed by atoms with E-state index in [-0.39, 0.29) is 11.5 Å². The second kappa shape index (κ2) is 14.1. The highest BCUT2D eigenvalue weighted by Gasteiger charge is 2.37. The van der Waals surface area contributed by atoms with E-state index in [2.05, 4.69) is 235 Å². The average Bonchev–Trinajstić information content (AvgIpc) is 4.10. The van der Waals surface area contributed by atoms with Gasteiger partial charge >= 0.3 is 0 Å². The predicted molar refractivity (Wildman–Crippen MR) is 279 cm³/mol. The summed E-state index contributed by atoms with van der Waals surface area (Å²) >= 11 is 1.84. The molecule has 14 rings (SSSR count). The number of thioether (sulfide) groups is 1. The van der Waals surface area contributed by atoms with Crippen molar-refractivity contribution in [3.8, 4) is 27.9 Å². The zero-order valence-electron chi connectivity index (χ0n) is 36.5. The molecule has 4 heterocycles. The maximum atomic E-state index is 5.73. The van der Waals surface area contributed by atoms with Gasteiger partial charge in [0.05, 0.1) is 33.8 Å². The Bertz CT molecular complexity index is 3960. The number of aliphatic imine (C=N–C) groups is 1. The fourth-order valence-electron chi connectivity index (χ4n) is 11.1. The Morgan fingerprint density at radius 3 is 1.88 bits per heavy atom. The third kappa shape index (κ3) is 5.50. The van der Waals surface area contributed by atoms with Gasteiger partial charge in [0.15, 0.2) is 0 Å². The summed E-state index contributed by atoms with van der Waals surface area (Å²) in [6.07, 6.45) is 2.39. The maximum Gasteiger partial charge on any atom is 0.209 e. The van der Waals surface area contributed by atoms with Gasteiger partial charge in [-0.25, -0.2) is 4.99 Å². The van der Waals surface area contributed by atoms with E-state index >= 15 is 0 Å². The topological polar surface area (TPSA) is 34.2 Å². The number of aromatic nitrogens is 2. The number of benzene rings is 9.